The fraction of sp³-hybridized carbons (Fsp3) is 0.455. The van der Waals surface area contributed by atoms with Gasteiger partial charge in [-0.3, -0.25) is 0 Å². The summed E-state index contributed by atoms with van der Waals surface area (Å²) < 4.78 is 0. The zero-order chi connectivity index (χ0) is 8.97. The molecular formula is C11H17N. The van der Waals surface area contributed by atoms with Crippen molar-refractivity contribution in [1.29, 1.82) is 0 Å². The van der Waals surface area contributed by atoms with E-state index in [0.717, 1.165) is 6.42 Å². The average Bonchev–Trinajstić information content (AvgIpc) is 2.17. The third kappa shape index (κ3) is 2.08. The topological polar surface area (TPSA) is 26.0 Å². The van der Waals surface area contributed by atoms with Crippen molar-refractivity contribution in [3.05, 3.63) is 35.9 Å². The van der Waals surface area contributed by atoms with E-state index in [1.807, 2.05) is 18.2 Å². The van der Waals surface area contributed by atoms with Gasteiger partial charge in [-0.15, -0.1) is 0 Å². The van der Waals surface area contributed by atoms with Gasteiger partial charge >= 0.3 is 0 Å². The van der Waals surface area contributed by atoms with Crippen molar-refractivity contribution in [2.45, 2.75) is 26.3 Å². The Labute approximate surface area is 74.6 Å². The molecule has 1 rings (SSSR count). The van der Waals surface area contributed by atoms with Gasteiger partial charge in [0.15, 0.2) is 0 Å². The largest absolute Gasteiger partial charge is 0.324 e. The zero-order valence-electron chi connectivity index (χ0n) is 7.83. The van der Waals surface area contributed by atoms with E-state index in [1.54, 1.807) is 0 Å². The van der Waals surface area contributed by atoms with Crippen LogP contribution in [0.3, 0.4) is 0 Å². The molecule has 1 heteroatoms. The predicted molar refractivity (Wildman–Crippen MR) is 52.8 cm³/mol. The van der Waals surface area contributed by atoms with Crippen LogP contribution < -0.4 is 5.73 Å². The Morgan fingerprint density at radius 3 is 2.33 bits per heavy atom. The van der Waals surface area contributed by atoms with E-state index in [4.69, 9.17) is 5.73 Å². The Bertz CT molecular complexity index is 218. The Hall–Kier alpha value is -0.820. The van der Waals surface area contributed by atoms with Gasteiger partial charge in [-0.2, -0.15) is 0 Å². The third-order valence-electron chi connectivity index (χ3n) is 2.44. The SMILES string of the molecule is CC[C@@H](C)[C@@H](N)c1ccccc1. The van der Waals surface area contributed by atoms with Crippen molar-refractivity contribution in [1.82, 2.24) is 0 Å². The highest BCUT2D eigenvalue weighted by atomic mass is 14.6. The van der Waals surface area contributed by atoms with Gasteiger partial charge in [0.1, 0.15) is 0 Å². The van der Waals surface area contributed by atoms with Crippen LogP contribution in [-0.2, 0) is 0 Å². The van der Waals surface area contributed by atoms with E-state index in [0.29, 0.717) is 5.92 Å². The summed E-state index contributed by atoms with van der Waals surface area (Å²) in [6, 6.07) is 10.5. The normalized spacial score (nSPS) is 15.6. The van der Waals surface area contributed by atoms with Gasteiger partial charge in [0.2, 0.25) is 0 Å². The maximum atomic E-state index is 6.05. The van der Waals surface area contributed by atoms with Crippen molar-refractivity contribution in [3.63, 3.8) is 0 Å². The molecule has 0 aliphatic rings. The fourth-order valence-corrected chi connectivity index (χ4v) is 1.26. The first-order valence-electron chi connectivity index (χ1n) is 4.56. The first-order valence-corrected chi connectivity index (χ1v) is 4.56. The van der Waals surface area contributed by atoms with Crippen molar-refractivity contribution in [3.8, 4) is 0 Å². The molecule has 0 amide bonds. The minimum absolute atomic E-state index is 0.191. The smallest absolute Gasteiger partial charge is 0.0320 e. The highest BCUT2D eigenvalue weighted by Crippen LogP contribution is 2.20. The summed E-state index contributed by atoms with van der Waals surface area (Å²) in [5.74, 6) is 0.562. The standard InChI is InChI=1S/C11H17N/c1-3-9(2)11(12)10-7-5-4-6-8-10/h4-9,11H,3,12H2,1-2H3/t9-,11-/m1/s1. The molecule has 0 saturated carbocycles. The van der Waals surface area contributed by atoms with Crippen LogP contribution in [0, 0.1) is 5.92 Å². The lowest BCUT2D eigenvalue weighted by Gasteiger charge is -2.18. The van der Waals surface area contributed by atoms with Crippen molar-refractivity contribution < 1.29 is 0 Å². The van der Waals surface area contributed by atoms with E-state index in [1.165, 1.54) is 5.56 Å². The van der Waals surface area contributed by atoms with Crippen molar-refractivity contribution in [2.75, 3.05) is 0 Å². The molecule has 0 bridgehead atoms. The van der Waals surface area contributed by atoms with Gasteiger partial charge in [-0.05, 0) is 11.5 Å². The average molecular weight is 163 g/mol. The summed E-state index contributed by atoms with van der Waals surface area (Å²) in [5.41, 5.74) is 7.29. The summed E-state index contributed by atoms with van der Waals surface area (Å²) >= 11 is 0. The summed E-state index contributed by atoms with van der Waals surface area (Å²) in [6.07, 6.45) is 1.13. The van der Waals surface area contributed by atoms with E-state index in [9.17, 15) is 0 Å². The van der Waals surface area contributed by atoms with Gasteiger partial charge in [-0.1, -0.05) is 50.6 Å². The molecule has 0 unspecified atom stereocenters. The molecule has 0 radical (unpaired) electrons. The Kier molecular flexibility index (Phi) is 3.30. The second-order valence-electron chi connectivity index (χ2n) is 3.32. The summed E-state index contributed by atoms with van der Waals surface area (Å²) in [4.78, 5) is 0. The molecule has 12 heavy (non-hydrogen) atoms. The van der Waals surface area contributed by atoms with Gasteiger partial charge < -0.3 is 5.73 Å². The van der Waals surface area contributed by atoms with Crippen LogP contribution in [0.1, 0.15) is 31.9 Å². The molecule has 1 aromatic carbocycles. The minimum Gasteiger partial charge on any atom is -0.324 e. The second-order valence-corrected chi connectivity index (χ2v) is 3.32. The highest BCUT2D eigenvalue weighted by Gasteiger charge is 2.11. The summed E-state index contributed by atoms with van der Waals surface area (Å²) in [7, 11) is 0. The van der Waals surface area contributed by atoms with Gasteiger partial charge in [-0.25, -0.2) is 0 Å². The molecule has 0 saturated heterocycles. The molecule has 2 atom stereocenters. The summed E-state index contributed by atoms with van der Waals surface area (Å²) in [5, 5.41) is 0. The van der Waals surface area contributed by atoms with Crippen LogP contribution in [0.15, 0.2) is 30.3 Å². The molecule has 0 heterocycles. The van der Waals surface area contributed by atoms with Gasteiger partial charge in [0, 0.05) is 6.04 Å². The summed E-state index contributed by atoms with van der Waals surface area (Å²) in [6.45, 7) is 4.37. The van der Waals surface area contributed by atoms with Crippen LogP contribution >= 0.6 is 0 Å². The van der Waals surface area contributed by atoms with E-state index < -0.39 is 0 Å². The number of hydrogen-bond acceptors (Lipinski definition) is 1. The predicted octanol–water partition coefficient (Wildman–Crippen LogP) is 2.73. The molecule has 0 fully saturated rings. The molecule has 0 aliphatic carbocycles. The lowest BCUT2D eigenvalue weighted by Crippen LogP contribution is -2.18. The maximum absolute atomic E-state index is 6.05. The van der Waals surface area contributed by atoms with E-state index in [2.05, 4.69) is 26.0 Å². The Morgan fingerprint density at radius 2 is 1.83 bits per heavy atom. The second kappa shape index (κ2) is 4.27. The van der Waals surface area contributed by atoms with Gasteiger partial charge in [0.25, 0.3) is 0 Å². The maximum Gasteiger partial charge on any atom is 0.0320 e. The molecule has 2 N–H and O–H groups in total. The third-order valence-corrected chi connectivity index (χ3v) is 2.44. The minimum atomic E-state index is 0.191. The Balaban J connectivity index is 2.71. The van der Waals surface area contributed by atoms with Gasteiger partial charge in [0.05, 0.1) is 0 Å². The van der Waals surface area contributed by atoms with Crippen molar-refractivity contribution >= 4 is 0 Å². The van der Waals surface area contributed by atoms with Crippen molar-refractivity contribution in [2.24, 2.45) is 11.7 Å². The quantitative estimate of drug-likeness (QED) is 0.728. The number of nitrogens with two attached hydrogens (primary N) is 1. The van der Waals surface area contributed by atoms with E-state index >= 15 is 0 Å². The Morgan fingerprint density at radius 1 is 1.25 bits per heavy atom. The van der Waals surface area contributed by atoms with Crippen LogP contribution in [0.25, 0.3) is 0 Å². The van der Waals surface area contributed by atoms with Crippen LogP contribution in [-0.4, -0.2) is 0 Å². The molecule has 0 aliphatic heterocycles. The number of hydrogen-bond donors (Lipinski definition) is 1. The van der Waals surface area contributed by atoms with Crippen LogP contribution in [0.4, 0.5) is 0 Å². The monoisotopic (exact) mass is 163 g/mol. The lowest BCUT2D eigenvalue weighted by molar-refractivity contribution is 0.457. The first kappa shape index (κ1) is 9.27. The highest BCUT2D eigenvalue weighted by molar-refractivity contribution is 5.18. The number of benzene rings is 1. The zero-order valence-corrected chi connectivity index (χ0v) is 7.83. The van der Waals surface area contributed by atoms with Crippen LogP contribution in [0.2, 0.25) is 0 Å². The molecule has 66 valence electrons. The molecule has 1 aromatic rings. The lowest BCUT2D eigenvalue weighted by atomic mass is 9.94. The van der Waals surface area contributed by atoms with E-state index in [-0.39, 0.29) is 6.04 Å². The molecular weight excluding hydrogens is 146 g/mol. The molecule has 0 aromatic heterocycles. The molecule has 0 spiro atoms. The first-order chi connectivity index (χ1) is 5.75. The fourth-order valence-electron chi connectivity index (χ4n) is 1.26. The molecule has 1 nitrogen and oxygen atoms in total. The van der Waals surface area contributed by atoms with Crippen LogP contribution in [0.5, 0.6) is 0 Å². The number of rotatable bonds is 3.